The molecular weight excluding hydrogens is 196 g/mol. The maximum absolute atomic E-state index is 10.5. The lowest BCUT2D eigenvalue weighted by atomic mass is 10.2. The number of hydrogen-bond acceptors (Lipinski definition) is 4. The maximum atomic E-state index is 10.5. The number of rotatable bonds is 5. The highest BCUT2D eigenvalue weighted by Crippen LogP contribution is 2.11. The first-order chi connectivity index (χ1) is 7.22. The summed E-state index contributed by atoms with van der Waals surface area (Å²) in [5, 5.41) is 0. The van der Waals surface area contributed by atoms with Crippen molar-refractivity contribution in [1.29, 1.82) is 0 Å². The Bertz CT molecular complexity index is 346. The van der Waals surface area contributed by atoms with Crippen LogP contribution in [0.5, 0.6) is 5.75 Å². The second-order valence-corrected chi connectivity index (χ2v) is 2.88. The molecule has 0 spiro atoms. The van der Waals surface area contributed by atoms with E-state index in [0.717, 1.165) is 6.29 Å². The molecule has 0 amide bonds. The molecule has 1 rings (SSSR count). The van der Waals surface area contributed by atoms with Gasteiger partial charge in [-0.2, -0.15) is 0 Å². The van der Waals surface area contributed by atoms with E-state index in [1.807, 2.05) is 0 Å². The van der Waals surface area contributed by atoms with Crippen molar-refractivity contribution < 1.29 is 19.1 Å². The number of ether oxygens (including phenoxy) is 2. The van der Waals surface area contributed by atoms with Gasteiger partial charge in [0.05, 0.1) is 0 Å². The van der Waals surface area contributed by atoms with Gasteiger partial charge in [0.2, 0.25) is 0 Å². The molecule has 0 aliphatic rings. The van der Waals surface area contributed by atoms with E-state index in [4.69, 9.17) is 4.74 Å². The topological polar surface area (TPSA) is 52.6 Å². The highest BCUT2D eigenvalue weighted by molar-refractivity contribution is 5.75. The van der Waals surface area contributed by atoms with Gasteiger partial charge in [-0.15, -0.1) is 0 Å². The SMILES string of the molecule is CC(=O)OCCOc1cccc(C=O)c1. The van der Waals surface area contributed by atoms with Crippen LogP contribution < -0.4 is 4.74 Å². The van der Waals surface area contributed by atoms with Crippen molar-refractivity contribution >= 4 is 12.3 Å². The van der Waals surface area contributed by atoms with Crippen LogP contribution in [0.15, 0.2) is 24.3 Å². The largest absolute Gasteiger partial charge is 0.490 e. The second kappa shape index (κ2) is 5.80. The van der Waals surface area contributed by atoms with Crippen LogP contribution in [-0.2, 0) is 9.53 Å². The van der Waals surface area contributed by atoms with Crippen LogP contribution in [0.3, 0.4) is 0 Å². The average Bonchev–Trinajstić information content (AvgIpc) is 2.24. The smallest absolute Gasteiger partial charge is 0.302 e. The van der Waals surface area contributed by atoms with Gasteiger partial charge in [0.15, 0.2) is 0 Å². The molecule has 15 heavy (non-hydrogen) atoms. The number of carbonyl (C=O) groups is 2. The predicted molar refractivity (Wildman–Crippen MR) is 54.0 cm³/mol. The lowest BCUT2D eigenvalue weighted by Crippen LogP contribution is -2.09. The highest BCUT2D eigenvalue weighted by Gasteiger charge is 1.97. The summed E-state index contributed by atoms with van der Waals surface area (Å²) in [6.45, 7) is 1.83. The van der Waals surface area contributed by atoms with E-state index in [0.29, 0.717) is 11.3 Å². The Morgan fingerprint density at radius 1 is 1.40 bits per heavy atom. The molecule has 0 bridgehead atoms. The van der Waals surface area contributed by atoms with Gasteiger partial charge < -0.3 is 9.47 Å². The Hall–Kier alpha value is -1.84. The summed E-state index contributed by atoms with van der Waals surface area (Å²) >= 11 is 0. The quantitative estimate of drug-likeness (QED) is 0.417. The van der Waals surface area contributed by atoms with Gasteiger partial charge >= 0.3 is 5.97 Å². The van der Waals surface area contributed by atoms with Gasteiger partial charge in [0.1, 0.15) is 25.2 Å². The van der Waals surface area contributed by atoms with Crippen molar-refractivity contribution in [2.75, 3.05) is 13.2 Å². The lowest BCUT2D eigenvalue weighted by molar-refractivity contribution is -0.141. The lowest BCUT2D eigenvalue weighted by Gasteiger charge is -2.06. The summed E-state index contributed by atoms with van der Waals surface area (Å²) in [7, 11) is 0. The van der Waals surface area contributed by atoms with Gasteiger partial charge in [-0.3, -0.25) is 9.59 Å². The molecule has 4 heteroatoms. The van der Waals surface area contributed by atoms with Crippen LogP contribution in [0.1, 0.15) is 17.3 Å². The van der Waals surface area contributed by atoms with E-state index in [1.54, 1.807) is 24.3 Å². The van der Waals surface area contributed by atoms with Crippen molar-refractivity contribution in [2.24, 2.45) is 0 Å². The molecule has 1 aromatic carbocycles. The van der Waals surface area contributed by atoms with Gasteiger partial charge in [0, 0.05) is 12.5 Å². The minimum Gasteiger partial charge on any atom is -0.490 e. The zero-order chi connectivity index (χ0) is 11.1. The van der Waals surface area contributed by atoms with E-state index in [2.05, 4.69) is 4.74 Å². The van der Waals surface area contributed by atoms with E-state index < -0.39 is 0 Å². The molecule has 0 saturated carbocycles. The molecule has 0 atom stereocenters. The Balaban J connectivity index is 2.37. The number of benzene rings is 1. The molecule has 0 aromatic heterocycles. The first-order valence-corrected chi connectivity index (χ1v) is 4.54. The van der Waals surface area contributed by atoms with Gasteiger partial charge in [0.25, 0.3) is 0 Å². The Morgan fingerprint density at radius 2 is 2.20 bits per heavy atom. The van der Waals surface area contributed by atoms with Crippen molar-refractivity contribution in [3.63, 3.8) is 0 Å². The van der Waals surface area contributed by atoms with Crippen LogP contribution in [0, 0.1) is 0 Å². The summed E-state index contributed by atoms with van der Waals surface area (Å²) in [6.07, 6.45) is 0.749. The standard InChI is InChI=1S/C11H12O4/c1-9(13)14-5-6-15-11-4-2-3-10(7-11)8-12/h2-4,7-8H,5-6H2,1H3. The summed E-state index contributed by atoms with van der Waals surface area (Å²) in [5.41, 5.74) is 0.556. The van der Waals surface area contributed by atoms with Gasteiger partial charge in [-0.05, 0) is 12.1 Å². The normalized spacial score (nSPS) is 9.40. The molecule has 0 radical (unpaired) electrons. The monoisotopic (exact) mass is 208 g/mol. The summed E-state index contributed by atoms with van der Waals surface area (Å²) in [6, 6.07) is 6.78. The van der Waals surface area contributed by atoms with E-state index in [9.17, 15) is 9.59 Å². The fraction of sp³-hybridized carbons (Fsp3) is 0.273. The molecule has 0 N–H and O–H groups in total. The van der Waals surface area contributed by atoms with Crippen LogP contribution in [0.25, 0.3) is 0 Å². The maximum Gasteiger partial charge on any atom is 0.302 e. The van der Waals surface area contributed by atoms with E-state index >= 15 is 0 Å². The number of esters is 1. The summed E-state index contributed by atoms with van der Waals surface area (Å²) in [4.78, 5) is 20.9. The predicted octanol–water partition coefficient (Wildman–Crippen LogP) is 1.44. The molecule has 0 unspecified atom stereocenters. The van der Waals surface area contributed by atoms with Gasteiger partial charge in [-0.25, -0.2) is 0 Å². The van der Waals surface area contributed by atoms with Crippen LogP contribution in [0.4, 0.5) is 0 Å². The molecule has 0 fully saturated rings. The zero-order valence-electron chi connectivity index (χ0n) is 8.43. The molecule has 80 valence electrons. The molecular formula is C11H12O4. The van der Waals surface area contributed by atoms with Crippen LogP contribution in [0.2, 0.25) is 0 Å². The third-order valence-corrected chi connectivity index (χ3v) is 1.65. The molecule has 0 saturated heterocycles. The third kappa shape index (κ3) is 4.26. The first-order valence-electron chi connectivity index (χ1n) is 4.54. The zero-order valence-corrected chi connectivity index (χ0v) is 8.43. The summed E-state index contributed by atoms with van der Waals surface area (Å²) < 4.78 is 9.95. The molecule has 0 aliphatic heterocycles. The number of hydrogen-bond donors (Lipinski definition) is 0. The molecule has 0 heterocycles. The minimum atomic E-state index is -0.333. The van der Waals surface area contributed by atoms with Crippen LogP contribution in [-0.4, -0.2) is 25.5 Å². The average molecular weight is 208 g/mol. The first kappa shape index (κ1) is 11.2. The van der Waals surface area contributed by atoms with Crippen LogP contribution >= 0.6 is 0 Å². The molecule has 1 aromatic rings. The second-order valence-electron chi connectivity index (χ2n) is 2.88. The third-order valence-electron chi connectivity index (χ3n) is 1.65. The number of aldehydes is 1. The Morgan fingerprint density at radius 3 is 2.87 bits per heavy atom. The summed E-state index contributed by atoms with van der Waals surface area (Å²) in [5.74, 6) is 0.256. The molecule has 4 nitrogen and oxygen atoms in total. The minimum absolute atomic E-state index is 0.209. The van der Waals surface area contributed by atoms with Gasteiger partial charge in [-0.1, -0.05) is 12.1 Å². The van der Waals surface area contributed by atoms with Crippen molar-refractivity contribution in [2.45, 2.75) is 6.92 Å². The fourth-order valence-electron chi connectivity index (χ4n) is 1.02. The van der Waals surface area contributed by atoms with Crippen molar-refractivity contribution in [3.05, 3.63) is 29.8 Å². The highest BCUT2D eigenvalue weighted by atomic mass is 16.6. The van der Waals surface area contributed by atoms with E-state index in [1.165, 1.54) is 6.92 Å². The van der Waals surface area contributed by atoms with E-state index in [-0.39, 0.29) is 19.2 Å². The van der Waals surface area contributed by atoms with Crippen molar-refractivity contribution in [3.8, 4) is 5.75 Å². The Kier molecular flexibility index (Phi) is 4.34. The fourth-order valence-corrected chi connectivity index (χ4v) is 1.02. The molecule has 0 aliphatic carbocycles. The van der Waals surface area contributed by atoms with Crippen molar-refractivity contribution in [1.82, 2.24) is 0 Å². The Labute approximate surface area is 87.8 Å². The number of carbonyl (C=O) groups excluding carboxylic acids is 2.